The Bertz CT molecular complexity index is 864. The lowest BCUT2D eigenvalue weighted by Crippen LogP contribution is -2.49. The molecule has 1 aliphatic rings. The molecule has 0 saturated carbocycles. The number of aliphatic hydroxyl groups excluding tert-OH is 2. The molecule has 0 aliphatic heterocycles. The maximum Gasteiger partial charge on any atom is 0.387 e. The second kappa shape index (κ2) is 8.43. The number of benzene rings is 2. The van der Waals surface area contributed by atoms with Gasteiger partial charge in [0.1, 0.15) is 13.2 Å². The first-order chi connectivity index (χ1) is 14.5. The van der Waals surface area contributed by atoms with Crippen LogP contribution in [0.25, 0.3) is 0 Å². The summed E-state index contributed by atoms with van der Waals surface area (Å²) in [6.07, 6.45) is 0. The normalized spacial score (nSPS) is 18.8. The summed E-state index contributed by atoms with van der Waals surface area (Å²) < 4.78 is 94.2. The summed E-state index contributed by atoms with van der Waals surface area (Å²) in [5.41, 5.74) is 1.47. The highest BCUT2D eigenvalue weighted by atomic mass is 19.3. The second-order valence-electron chi connectivity index (χ2n) is 6.91. The molecule has 2 aromatic rings. The Labute approximate surface area is 173 Å². The lowest BCUT2D eigenvalue weighted by atomic mass is 10.1. The molecule has 2 aromatic carbocycles. The van der Waals surface area contributed by atoms with E-state index in [0.29, 0.717) is 11.1 Å². The highest BCUT2D eigenvalue weighted by Gasteiger charge is 2.83. The topological polar surface area (TPSA) is 58.9 Å². The van der Waals surface area contributed by atoms with E-state index in [0.717, 1.165) is 0 Å². The van der Waals surface area contributed by atoms with Gasteiger partial charge in [-0.25, -0.2) is 0 Å². The highest BCUT2D eigenvalue weighted by Crippen LogP contribution is 2.59. The van der Waals surface area contributed by atoms with Gasteiger partial charge in [-0.15, -0.1) is 0 Å². The molecule has 1 aliphatic carbocycles. The van der Waals surface area contributed by atoms with Crippen molar-refractivity contribution in [2.45, 2.75) is 44.2 Å². The molecule has 2 N–H and O–H groups in total. The molecule has 0 unspecified atom stereocenters. The van der Waals surface area contributed by atoms with E-state index in [1.165, 1.54) is 48.5 Å². The molecule has 0 amide bonds. The van der Waals surface area contributed by atoms with Crippen LogP contribution in [0.2, 0.25) is 0 Å². The van der Waals surface area contributed by atoms with Crippen LogP contribution in [-0.2, 0) is 35.9 Å². The fourth-order valence-electron chi connectivity index (χ4n) is 2.87. The largest absolute Gasteiger partial charge is 0.483 e. The van der Waals surface area contributed by atoms with Gasteiger partial charge in [-0.2, -0.15) is 26.3 Å². The average molecular weight is 448 g/mol. The number of allylic oxidation sites excluding steroid dienone is 2. The van der Waals surface area contributed by atoms with E-state index in [1.807, 2.05) is 0 Å². The van der Waals surface area contributed by atoms with Gasteiger partial charge in [-0.1, -0.05) is 48.5 Å². The zero-order chi connectivity index (χ0) is 22.9. The standard InChI is InChI=1S/C21H18F6O4/c22-19(23)17(30-11-15-5-1-13(9-28)2-6-15)18(20(24,25)21(19,26)27)31-12-16-7-3-14(10-29)4-8-16/h1-8,28-29H,9-12H2. The van der Waals surface area contributed by atoms with E-state index >= 15 is 0 Å². The molecule has 0 bridgehead atoms. The Morgan fingerprint density at radius 3 is 1.13 bits per heavy atom. The van der Waals surface area contributed by atoms with Crippen LogP contribution in [-0.4, -0.2) is 28.0 Å². The first-order valence-electron chi connectivity index (χ1n) is 9.06. The molecular weight excluding hydrogens is 430 g/mol. The van der Waals surface area contributed by atoms with Gasteiger partial charge in [0.25, 0.3) is 0 Å². The predicted molar refractivity (Wildman–Crippen MR) is 96.2 cm³/mol. The third-order valence-electron chi connectivity index (χ3n) is 4.74. The number of alkyl halides is 6. The molecule has 0 radical (unpaired) electrons. The molecule has 0 aromatic heterocycles. The van der Waals surface area contributed by atoms with E-state index in [2.05, 4.69) is 0 Å². The number of aliphatic hydroxyl groups is 2. The van der Waals surface area contributed by atoms with E-state index in [4.69, 9.17) is 19.7 Å². The van der Waals surface area contributed by atoms with Crippen molar-refractivity contribution in [2.75, 3.05) is 0 Å². The van der Waals surface area contributed by atoms with Crippen LogP contribution in [0.15, 0.2) is 60.0 Å². The zero-order valence-corrected chi connectivity index (χ0v) is 15.9. The van der Waals surface area contributed by atoms with Gasteiger partial charge in [-0.05, 0) is 22.3 Å². The van der Waals surface area contributed by atoms with Crippen LogP contribution in [0.5, 0.6) is 0 Å². The van der Waals surface area contributed by atoms with Gasteiger partial charge >= 0.3 is 17.8 Å². The number of rotatable bonds is 8. The first kappa shape index (κ1) is 23.0. The smallest absolute Gasteiger partial charge is 0.387 e. The SMILES string of the molecule is OCc1ccc(COC2=C(OCc3ccc(CO)cc3)C(F)(F)C(F)(F)C2(F)F)cc1. The monoisotopic (exact) mass is 448 g/mol. The number of ether oxygens (including phenoxy) is 2. The highest BCUT2D eigenvalue weighted by molar-refractivity contribution is 5.35. The van der Waals surface area contributed by atoms with Gasteiger partial charge in [0, 0.05) is 0 Å². The van der Waals surface area contributed by atoms with Crippen LogP contribution >= 0.6 is 0 Å². The molecule has 31 heavy (non-hydrogen) atoms. The summed E-state index contributed by atoms with van der Waals surface area (Å²) in [5, 5.41) is 18.0. The molecule has 10 heteroatoms. The van der Waals surface area contributed by atoms with E-state index in [9.17, 15) is 26.3 Å². The van der Waals surface area contributed by atoms with Crippen LogP contribution in [0, 0.1) is 0 Å². The average Bonchev–Trinajstić information content (AvgIpc) is 2.85. The Kier molecular flexibility index (Phi) is 6.24. The lowest BCUT2D eigenvalue weighted by molar-refractivity contribution is -0.277. The molecule has 3 rings (SSSR count). The minimum Gasteiger partial charge on any atom is -0.483 e. The Morgan fingerprint density at radius 1 is 0.548 bits per heavy atom. The summed E-state index contributed by atoms with van der Waals surface area (Å²) in [6, 6.07) is 11.3. The lowest BCUT2D eigenvalue weighted by Gasteiger charge is -2.24. The zero-order valence-electron chi connectivity index (χ0n) is 15.9. The van der Waals surface area contributed by atoms with Gasteiger partial charge in [0.2, 0.25) is 11.5 Å². The van der Waals surface area contributed by atoms with E-state index < -0.39 is 42.5 Å². The summed E-state index contributed by atoms with van der Waals surface area (Å²) in [7, 11) is 0. The van der Waals surface area contributed by atoms with Gasteiger partial charge in [-0.3, -0.25) is 0 Å². The predicted octanol–water partition coefficient (Wildman–Crippen LogP) is 4.54. The molecule has 0 saturated heterocycles. The second-order valence-corrected chi connectivity index (χ2v) is 6.91. The summed E-state index contributed by atoms with van der Waals surface area (Å²) in [4.78, 5) is 0. The quantitative estimate of drug-likeness (QED) is 0.583. The van der Waals surface area contributed by atoms with Gasteiger partial charge in [0.15, 0.2) is 0 Å². The third kappa shape index (κ3) is 4.09. The van der Waals surface area contributed by atoms with E-state index in [1.54, 1.807) is 0 Å². The van der Waals surface area contributed by atoms with Crippen molar-refractivity contribution in [1.29, 1.82) is 0 Å². The van der Waals surface area contributed by atoms with E-state index in [-0.39, 0.29) is 24.3 Å². The minimum absolute atomic E-state index is 0.234. The number of hydrogen-bond donors (Lipinski definition) is 2. The molecule has 0 spiro atoms. The van der Waals surface area contributed by atoms with Crippen LogP contribution < -0.4 is 0 Å². The van der Waals surface area contributed by atoms with Crippen LogP contribution in [0.3, 0.4) is 0 Å². The van der Waals surface area contributed by atoms with Gasteiger partial charge in [0.05, 0.1) is 13.2 Å². The first-order valence-corrected chi connectivity index (χ1v) is 9.06. The fourth-order valence-corrected chi connectivity index (χ4v) is 2.87. The molecule has 168 valence electrons. The van der Waals surface area contributed by atoms with Crippen molar-refractivity contribution in [1.82, 2.24) is 0 Å². The van der Waals surface area contributed by atoms with Crippen molar-refractivity contribution >= 4 is 0 Å². The Hall–Kier alpha value is -2.72. The Balaban J connectivity index is 1.87. The molecule has 0 fully saturated rings. The Morgan fingerprint density at radius 2 is 0.839 bits per heavy atom. The van der Waals surface area contributed by atoms with Crippen LogP contribution in [0.1, 0.15) is 22.3 Å². The maximum absolute atomic E-state index is 14.2. The summed E-state index contributed by atoms with van der Waals surface area (Å²) in [5.74, 6) is -20.2. The molecule has 4 nitrogen and oxygen atoms in total. The molecule has 0 heterocycles. The third-order valence-corrected chi connectivity index (χ3v) is 4.74. The van der Waals surface area contributed by atoms with Crippen molar-refractivity contribution in [3.05, 3.63) is 82.3 Å². The van der Waals surface area contributed by atoms with Gasteiger partial charge < -0.3 is 19.7 Å². The molecule has 0 atom stereocenters. The fraction of sp³-hybridized carbons (Fsp3) is 0.333. The molecular formula is C21H18F6O4. The minimum atomic E-state index is -5.74. The van der Waals surface area contributed by atoms with Crippen LogP contribution in [0.4, 0.5) is 26.3 Å². The number of halogens is 6. The number of hydrogen-bond acceptors (Lipinski definition) is 4. The van der Waals surface area contributed by atoms with Crippen molar-refractivity contribution in [3.8, 4) is 0 Å². The maximum atomic E-state index is 14.2. The van der Waals surface area contributed by atoms with Crippen molar-refractivity contribution in [2.24, 2.45) is 0 Å². The van der Waals surface area contributed by atoms with Crippen molar-refractivity contribution < 1.29 is 46.0 Å². The van der Waals surface area contributed by atoms with Crippen molar-refractivity contribution in [3.63, 3.8) is 0 Å². The summed E-state index contributed by atoms with van der Waals surface area (Å²) in [6.45, 7) is -1.94. The summed E-state index contributed by atoms with van der Waals surface area (Å²) >= 11 is 0.